The van der Waals surface area contributed by atoms with Crippen molar-refractivity contribution in [2.75, 3.05) is 7.11 Å². The van der Waals surface area contributed by atoms with Crippen molar-refractivity contribution in [2.45, 2.75) is 0 Å². The zero-order valence-electron chi connectivity index (χ0n) is 8.44. The normalized spacial score (nSPS) is 10.4. The molecular weight excluding hydrogens is 215 g/mol. The van der Waals surface area contributed by atoms with Crippen LogP contribution in [-0.2, 0) is 9.53 Å². The maximum Gasteiger partial charge on any atom is 0.337 e. The fraction of sp³-hybridized carbons (Fsp3) is 0.0909. The number of hydrogen-bond acceptors (Lipinski definition) is 3. The first kappa shape index (κ1) is 11.9. The average Bonchev–Trinajstić information content (AvgIpc) is 2.24. The lowest BCUT2D eigenvalue weighted by atomic mass is 10.1. The first-order chi connectivity index (χ1) is 7.52. The van der Waals surface area contributed by atoms with E-state index in [4.69, 9.17) is 5.11 Å². The number of benzene rings is 1. The predicted molar refractivity (Wildman–Crippen MR) is 54.4 cm³/mol. The average molecular weight is 224 g/mol. The summed E-state index contributed by atoms with van der Waals surface area (Å²) >= 11 is 0. The van der Waals surface area contributed by atoms with E-state index in [2.05, 4.69) is 4.74 Å². The molecule has 0 aromatic heterocycles. The second kappa shape index (κ2) is 5.06. The van der Waals surface area contributed by atoms with E-state index in [0.717, 1.165) is 18.2 Å². The number of halogens is 1. The monoisotopic (exact) mass is 224 g/mol. The third-order valence-electron chi connectivity index (χ3n) is 1.76. The van der Waals surface area contributed by atoms with Crippen molar-refractivity contribution in [3.05, 3.63) is 41.2 Å². The molecule has 0 fully saturated rings. The highest BCUT2D eigenvalue weighted by Gasteiger charge is 2.07. The highest BCUT2D eigenvalue weighted by molar-refractivity contribution is 5.91. The van der Waals surface area contributed by atoms with Crippen LogP contribution in [0.2, 0.25) is 0 Å². The predicted octanol–water partition coefficient (Wildman–Crippen LogP) is 1.71. The van der Waals surface area contributed by atoms with Crippen molar-refractivity contribution in [1.82, 2.24) is 0 Å². The van der Waals surface area contributed by atoms with Crippen LogP contribution in [0, 0.1) is 5.82 Å². The lowest BCUT2D eigenvalue weighted by molar-refractivity contribution is -0.131. The van der Waals surface area contributed by atoms with Crippen LogP contribution >= 0.6 is 0 Å². The molecular formula is C11H9FO4. The molecule has 0 atom stereocenters. The summed E-state index contributed by atoms with van der Waals surface area (Å²) in [7, 11) is 1.18. The van der Waals surface area contributed by atoms with Crippen LogP contribution < -0.4 is 0 Å². The molecule has 0 bridgehead atoms. The SMILES string of the molecule is COC(=O)c1cc(F)cc(C=CC(=O)O)c1. The molecule has 0 amide bonds. The van der Waals surface area contributed by atoms with Gasteiger partial charge in [0.2, 0.25) is 0 Å². The number of esters is 1. The summed E-state index contributed by atoms with van der Waals surface area (Å²) in [6, 6.07) is 3.48. The zero-order valence-corrected chi connectivity index (χ0v) is 8.44. The molecule has 1 aromatic carbocycles. The molecule has 0 aliphatic rings. The van der Waals surface area contributed by atoms with Gasteiger partial charge >= 0.3 is 11.9 Å². The molecule has 0 saturated heterocycles. The van der Waals surface area contributed by atoms with Crippen molar-refractivity contribution in [3.63, 3.8) is 0 Å². The summed E-state index contributed by atoms with van der Waals surface area (Å²) in [5.74, 6) is -2.46. The quantitative estimate of drug-likeness (QED) is 0.627. The highest BCUT2D eigenvalue weighted by atomic mass is 19.1. The maximum atomic E-state index is 13.1. The molecule has 0 spiro atoms. The zero-order chi connectivity index (χ0) is 12.1. The molecule has 5 heteroatoms. The largest absolute Gasteiger partial charge is 0.478 e. The summed E-state index contributed by atoms with van der Waals surface area (Å²) in [6.45, 7) is 0. The van der Waals surface area contributed by atoms with Gasteiger partial charge in [0.15, 0.2) is 0 Å². The second-order valence-electron chi connectivity index (χ2n) is 2.94. The molecule has 1 N–H and O–H groups in total. The van der Waals surface area contributed by atoms with Gasteiger partial charge in [-0.25, -0.2) is 14.0 Å². The summed E-state index contributed by atoms with van der Waals surface area (Å²) in [5.41, 5.74) is 0.315. The maximum absolute atomic E-state index is 13.1. The second-order valence-corrected chi connectivity index (χ2v) is 2.94. The number of carboxylic acid groups (broad SMARTS) is 1. The van der Waals surface area contributed by atoms with Crippen molar-refractivity contribution >= 4 is 18.0 Å². The Morgan fingerprint density at radius 3 is 2.62 bits per heavy atom. The first-order valence-corrected chi connectivity index (χ1v) is 4.33. The van der Waals surface area contributed by atoms with E-state index < -0.39 is 17.8 Å². The van der Waals surface area contributed by atoms with E-state index in [1.807, 2.05) is 0 Å². The number of rotatable bonds is 3. The number of carbonyl (C=O) groups is 2. The van der Waals surface area contributed by atoms with Crippen molar-refractivity contribution in [3.8, 4) is 0 Å². The van der Waals surface area contributed by atoms with Gasteiger partial charge in [-0.1, -0.05) is 0 Å². The van der Waals surface area contributed by atoms with Crippen LogP contribution in [0.25, 0.3) is 6.08 Å². The van der Waals surface area contributed by atoms with E-state index >= 15 is 0 Å². The van der Waals surface area contributed by atoms with E-state index in [1.165, 1.54) is 19.3 Å². The Hall–Kier alpha value is -2.17. The van der Waals surface area contributed by atoms with Crippen LogP contribution in [0.4, 0.5) is 4.39 Å². The van der Waals surface area contributed by atoms with Gasteiger partial charge in [0.25, 0.3) is 0 Å². The molecule has 0 heterocycles. The van der Waals surface area contributed by atoms with E-state index in [-0.39, 0.29) is 11.1 Å². The van der Waals surface area contributed by atoms with Gasteiger partial charge in [-0.15, -0.1) is 0 Å². The molecule has 0 aliphatic heterocycles. The van der Waals surface area contributed by atoms with Crippen LogP contribution in [-0.4, -0.2) is 24.2 Å². The fourth-order valence-corrected chi connectivity index (χ4v) is 1.11. The van der Waals surface area contributed by atoms with Gasteiger partial charge in [-0.2, -0.15) is 0 Å². The number of carbonyl (C=O) groups excluding carboxylic acids is 1. The molecule has 0 saturated carbocycles. The molecule has 1 aromatic rings. The number of aliphatic carboxylic acids is 1. The Labute approximate surface area is 91.0 Å². The molecule has 4 nitrogen and oxygen atoms in total. The number of hydrogen-bond donors (Lipinski definition) is 1. The van der Waals surface area contributed by atoms with Crippen molar-refractivity contribution in [2.24, 2.45) is 0 Å². The smallest absolute Gasteiger partial charge is 0.337 e. The van der Waals surface area contributed by atoms with Crippen molar-refractivity contribution < 1.29 is 23.8 Å². The highest BCUT2D eigenvalue weighted by Crippen LogP contribution is 2.11. The number of carboxylic acids is 1. The Kier molecular flexibility index (Phi) is 3.77. The number of methoxy groups -OCH3 is 1. The van der Waals surface area contributed by atoms with Crippen LogP contribution in [0.15, 0.2) is 24.3 Å². The minimum absolute atomic E-state index is 0.0348. The third kappa shape index (κ3) is 3.20. The fourth-order valence-electron chi connectivity index (χ4n) is 1.11. The van der Waals surface area contributed by atoms with Gasteiger partial charge < -0.3 is 9.84 Å². The minimum Gasteiger partial charge on any atom is -0.478 e. The molecule has 16 heavy (non-hydrogen) atoms. The molecule has 0 aliphatic carbocycles. The van der Waals surface area contributed by atoms with E-state index in [9.17, 15) is 14.0 Å². The third-order valence-corrected chi connectivity index (χ3v) is 1.76. The minimum atomic E-state index is -1.15. The van der Waals surface area contributed by atoms with Crippen molar-refractivity contribution in [1.29, 1.82) is 0 Å². The van der Waals surface area contributed by atoms with Gasteiger partial charge in [0, 0.05) is 6.08 Å². The lowest BCUT2D eigenvalue weighted by Crippen LogP contribution is -2.02. The molecule has 0 radical (unpaired) electrons. The standard InChI is InChI=1S/C11H9FO4/c1-16-11(15)8-4-7(2-3-10(13)14)5-9(12)6-8/h2-6H,1H3,(H,13,14). The molecule has 0 unspecified atom stereocenters. The Morgan fingerprint density at radius 2 is 2.06 bits per heavy atom. The lowest BCUT2D eigenvalue weighted by Gasteiger charge is -2.01. The summed E-state index contributed by atoms with van der Waals surface area (Å²) in [5, 5.41) is 8.40. The summed E-state index contributed by atoms with van der Waals surface area (Å²) in [4.78, 5) is 21.4. The van der Waals surface area contributed by atoms with Gasteiger partial charge in [-0.05, 0) is 29.8 Å². The molecule has 1 rings (SSSR count). The van der Waals surface area contributed by atoms with Crippen LogP contribution in [0.3, 0.4) is 0 Å². The first-order valence-electron chi connectivity index (χ1n) is 4.33. The number of ether oxygens (including phenoxy) is 1. The Bertz CT molecular complexity index is 451. The summed E-state index contributed by atoms with van der Waals surface area (Å²) < 4.78 is 17.5. The van der Waals surface area contributed by atoms with Gasteiger partial charge in [0.05, 0.1) is 12.7 Å². The Balaban J connectivity index is 3.08. The van der Waals surface area contributed by atoms with E-state index in [1.54, 1.807) is 0 Å². The Morgan fingerprint density at radius 1 is 1.38 bits per heavy atom. The molecule has 84 valence electrons. The topological polar surface area (TPSA) is 63.6 Å². The van der Waals surface area contributed by atoms with Gasteiger partial charge in [0.1, 0.15) is 5.82 Å². The van der Waals surface area contributed by atoms with E-state index in [0.29, 0.717) is 0 Å². The summed E-state index contributed by atoms with van der Waals surface area (Å²) in [6.07, 6.45) is 2.05. The van der Waals surface area contributed by atoms with Crippen LogP contribution in [0.1, 0.15) is 15.9 Å². The van der Waals surface area contributed by atoms with Crippen LogP contribution in [0.5, 0.6) is 0 Å². The van der Waals surface area contributed by atoms with Gasteiger partial charge in [-0.3, -0.25) is 0 Å².